The van der Waals surface area contributed by atoms with Crippen molar-refractivity contribution in [2.75, 3.05) is 24.6 Å². The van der Waals surface area contributed by atoms with Crippen LogP contribution >= 0.6 is 11.8 Å². The van der Waals surface area contributed by atoms with Crippen molar-refractivity contribution in [1.82, 2.24) is 10.2 Å². The first kappa shape index (κ1) is 19.3. The van der Waals surface area contributed by atoms with Crippen LogP contribution in [0, 0.1) is 5.92 Å². The van der Waals surface area contributed by atoms with Crippen LogP contribution in [0.15, 0.2) is 0 Å². The minimum Gasteiger partial charge on any atom is -0.369 e. The molecule has 8 nitrogen and oxygen atoms in total. The van der Waals surface area contributed by atoms with Crippen LogP contribution in [-0.4, -0.2) is 59.2 Å². The summed E-state index contributed by atoms with van der Waals surface area (Å²) in [6.45, 7) is 2.77. The highest BCUT2D eigenvalue weighted by Gasteiger charge is 2.35. The number of hydrogen-bond acceptors (Lipinski definition) is 5. The number of rotatable bonds is 10. The summed E-state index contributed by atoms with van der Waals surface area (Å²) in [5, 5.41) is 2.75. The van der Waals surface area contributed by atoms with Gasteiger partial charge in [0.2, 0.25) is 23.6 Å². The molecule has 1 fully saturated rings. The third-order valence-corrected chi connectivity index (χ3v) is 4.64. The van der Waals surface area contributed by atoms with E-state index in [2.05, 4.69) is 5.32 Å². The van der Waals surface area contributed by atoms with Gasteiger partial charge in [-0.2, -0.15) is 0 Å². The van der Waals surface area contributed by atoms with E-state index in [1.54, 1.807) is 0 Å². The van der Waals surface area contributed by atoms with Gasteiger partial charge < -0.3 is 21.7 Å². The Morgan fingerprint density at radius 1 is 1.35 bits per heavy atom. The molecule has 9 heteroatoms. The predicted molar refractivity (Wildman–Crippen MR) is 87.2 cm³/mol. The number of nitrogens with two attached hydrogens (primary N) is 2. The monoisotopic (exact) mass is 344 g/mol. The van der Waals surface area contributed by atoms with Crippen molar-refractivity contribution < 1.29 is 19.2 Å². The zero-order valence-corrected chi connectivity index (χ0v) is 14.1. The minimum absolute atomic E-state index is 0.0657. The van der Waals surface area contributed by atoms with Crippen LogP contribution in [0.25, 0.3) is 0 Å². The van der Waals surface area contributed by atoms with Crippen LogP contribution in [0.5, 0.6) is 0 Å². The molecule has 1 heterocycles. The largest absolute Gasteiger partial charge is 0.369 e. The number of likely N-dealkylation sites (tertiary alicyclic amines) is 1. The highest BCUT2D eigenvalue weighted by atomic mass is 32.2. The molecule has 0 aliphatic carbocycles. The zero-order chi connectivity index (χ0) is 17.4. The van der Waals surface area contributed by atoms with E-state index in [0.717, 1.165) is 11.8 Å². The Morgan fingerprint density at radius 2 is 2.04 bits per heavy atom. The fourth-order valence-electron chi connectivity index (χ4n) is 2.59. The Balaban J connectivity index is 2.29. The topological polar surface area (TPSA) is 136 Å². The Morgan fingerprint density at radius 3 is 2.61 bits per heavy atom. The van der Waals surface area contributed by atoms with Crippen LogP contribution in [-0.2, 0) is 19.2 Å². The third kappa shape index (κ3) is 6.47. The Labute approximate surface area is 139 Å². The standard InChI is InChI=1S/C14H24N4O4S/c1-2-10(14(16)22)18-6-9(5-13(18)21)3-4-17-12(20)8-23-7-11(15)19/h9-10H,2-8H2,1H3,(H2,15,19)(H2,16,22)(H,17,20)/t9?,10-/m1/s1. The first-order valence-electron chi connectivity index (χ1n) is 7.56. The van der Waals surface area contributed by atoms with Crippen LogP contribution in [0.3, 0.4) is 0 Å². The van der Waals surface area contributed by atoms with E-state index in [0.29, 0.717) is 32.4 Å². The zero-order valence-electron chi connectivity index (χ0n) is 13.2. The molecule has 0 aromatic heterocycles. The number of primary amides is 2. The molecular weight excluding hydrogens is 320 g/mol. The molecule has 1 aliphatic rings. The lowest BCUT2D eigenvalue weighted by atomic mass is 10.0. The van der Waals surface area contributed by atoms with E-state index < -0.39 is 17.9 Å². The average Bonchev–Trinajstić information content (AvgIpc) is 2.80. The molecule has 0 saturated carbocycles. The van der Waals surface area contributed by atoms with Gasteiger partial charge in [0.1, 0.15) is 6.04 Å². The van der Waals surface area contributed by atoms with Gasteiger partial charge in [0, 0.05) is 19.5 Å². The molecule has 130 valence electrons. The smallest absolute Gasteiger partial charge is 0.240 e. The van der Waals surface area contributed by atoms with E-state index in [1.165, 1.54) is 4.90 Å². The third-order valence-electron chi connectivity index (χ3n) is 3.68. The normalized spacial score (nSPS) is 18.7. The number of nitrogens with zero attached hydrogens (tertiary/aromatic N) is 1. The molecule has 2 atom stereocenters. The van der Waals surface area contributed by atoms with Gasteiger partial charge in [-0.05, 0) is 18.8 Å². The van der Waals surface area contributed by atoms with E-state index >= 15 is 0 Å². The lowest BCUT2D eigenvalue weighted by Gasteiger charge is -2.24. The van der Waals surface area contributed by atoms with E-state index in [9.17, 15) is 19.2 Å². The van der Waals surface area contributed by atoms with Crippen LogP contribution < -0.4 is 16.8 Å². The number of carbonyl (C=O) groups excluding carboxylic acids is 4. The molecule has 0 spiro atoms. The summed E-state index contributed by atoms with van der Waals surface area (Å²) in [5.41, 5.74) is 10.3. The van der Waals surface area contributed by atoms with Crippen molar-refractivity contribution in [2.45, 2.75) is 32.2 Å². The van der Waals surface area contributed by atoms with Gasteiger partial charge in [0.05, 0.1) is 11.5 Å². The van der Waals surface area contributed by atoms with Crippen LogP contribution in [0.4, 0.5) is 0 Å². The van der Waals surface area contributed by atoms with Gasteiger partial charge in [-0.1, -0.05) is 6.92 Å². The van der Waals surface area contributed by atoms with E-state index in [1.807, 2.05) is 6.92 Å². The molecule has 0 bridgehead atoms. The van der Waals surface area contributed by atoms with Crippen molar-refractivity contribution in [1.29, 1.82) is 0 Å². The lowest BCUT2D eigenvalue weighted by Crippen LogP contribution is -2.45. The summed E-state index contributed by atoms with van der Waals surface area (Å²) in [4.78, 5) is 47.0. The second kappa shape index (κ2) is 9.39. The summed E-state index contributed by atoms with van der Waals surface area (Å²) >= 11 is 1.16. The first-order chi connectivity index (χ1) is 10.8. The molecular formula is C14H24N4O4S. The molecule has 1 aliphatic heterocycles. The van der Waals surface area contributed by atoms with Crippen molar-refractivity contribution in [3.8, 4) is 0 Å². The second-order valence-corrected chi connectivity index (χ2v) is 6.53. The molecule has 0 aromatic carbocycles. The maximum atomic E-state index is 12.0. The van der Waals surface area contributed by atoms with Gasteiger partial charge in [-0.15, -0.1) is 11.8 Å². The Bertz CT molecular complexity index is 472. The molecule has 1 saturated heterocycles. The van der Waals surface area contributed by atoms with Gasteiger partial charge in [-0.25, -0.2) is 0 Å². The number of nitrogens with one attached hydrogen (secondary N) is 1. The molecule has 5 N–H and O–H groups in total. The second-order valence-electron chi connectivity index (χ2n) is 5.54. The molecule has 0 radical (unpaired) electrons. The van der Waals surface area contributed by atoms with E-state index in [4.69, 9.17) is 11.5 Å². The summed E-state index contributed by atoms with van der Waals surface area (Å²) < 4.78 is 0. The fourth-order valence-corrected chi connectivity index (χ4v) is 3.18. The summed E-state index contributed by atoms with van der Waals surface area (Å²) in [6.07, 6.45) is 1.53. The first-order valence-corrected chi connectivity index (χ1v) is 8.72. The Kier molecular flexibility index (Phi) is 7.87. The Hall–Kier alpha value is -1.77. The summed E-state index contributed by atoms with van der Waals surface area (Å²) in [5.74, 6) is -0.767. The van der Waals surface area contributed by atoms with Gasteiger partial charge >= 0.3 is 0 Å². The quantitative estimate of drug-likeness (QED) is 0.458. The number of thioether (sulfide) groups is 1. The maximum absolute atomic E-state index is 12.0. The molecule has 4 amide bonds. The van der Waals surface area contributed by atoms with Gasteiger partial charge in [0.15, 0.2) is 0 Å². The highest BCUT2D eigenvalue weighted by Crippen LogP contribution is 2.23. The average molecular weight is 344 g/mol. The maximum Gasteiger partial charge on any atom is 0.240 e. The minimum atomic E-state index is -0.549. The summed E-state index contributed by atoms with van der Waals surface area (Å²) in [7, 11) is 0. The number of carbonyl (C=O) groups is 4. The van der Waals surface area contributed by atoms with Crippen molar-refractivity contribution in [3.05, 3.63) is 0 Å². The van der Waals surface area contributed by atoms with Crippen molar-refractivity contribution >= 4 is 35.4 Å². The SMILES string of the molecule is CC[C@H](C(N)=O)N1CC(CCNC(=O)CSCC(N)=O)CC1=O. The van der Waals surface area contributed by atoms with E-state index in [-0.39, 0.29) is 29.2 Å². The van der Waals surface area contributed by atoms with Crippen molar-refractivity contribution in [2.24, 2.45) is 17.4 Å². The summed E-state index contributed by atoms with van der Waals surface area (Å²) in [6, 6.07) is -0.549. The number of amides is 4. The predicted octanol–water partition coefficient (Wildman–Crippen LogP) is -1.18. The van der Waals surface area contributed by atoms with Crippen LogP contribution in [0.1, 0.15) is 26.2 Å². The molecule has 23 heavy (non-hydrogen) atoms. The lowest BCUT2D eigenvalue weighted by molar-refractivity contribution is -0.136. The van der Waals surface area contributed by atoms with Gasteiger partial charge in [0.25, 0.3) is 0 Å². The molecule has 1 unspecified atom stereocenters. The fraction of sp³-hybridized carbons (Fsp3) is 0.714. The number of hydrogen-bond donors (Lipinski definition) is 3. The van der Waals surface area contributed by atoms with Gasteiger partial charge in [-0.3, -0.25) is 19.2 Å². The molecule has 1 rings (SSSR count). The van der Waals surface area contributed by atoms with Crippen molar-refractivity contribution in [3.63, 3.8) is 0 Å². The highest BCUT2D eigenvalue weighted by molar-refractivity contribution is 8.00. The molecule has 0 aromatic rings. The van der Waals surface area contributed by atoms with Crippen LogP contribution in [0.2, 0.25) is 0 Å².